The summed E-state index contributed by atoms with van der Waals surface area (Å²) in [5, 5.41) is 6.32. The van der Waals surface area contributed by atoms with Gasteiger partial charge in [-0.15, -0.1) is 0 Å². The summed E-state index contributed by atoms with van der Waals surface area (Å²) in [5.74, 6) is 0.288. The third-order valence-electron chi connectivity index (χ3n) is 4.14. The predicted molar refractivity (Wildman–Crippen MR) is 105 cm³/mol. The zero-order valence-corrected chi connectivity index (χ0v) is 16.9. The first kappa shape index (κ1) is 20.5. The summed E-state index contributed by atoms with van der Waals surface area (Å²) in [6, 6.07) is 11.5. The number of nitrogens with zero attached hydrogens (tertiary/aromatic N) is 2. The minimum absolute atomic E-state index is 0.0878. The van der Waals surface area contributed by atoms with Crippen LogP contribution < -0.4 is 14.8 Å². The van der Waals surface area contributed by atoms with E-state index < -0.39 is 15.9 Å². The van der Waals surface area contributed by atoms with Crippen LogP contribution in [0.1, 0.15) is 21.8 Å². The van der Waals surface area contributed by atoms with E-state index in [0.717, 1.165) is 11.1 Å². The van der Waals surface area contributed by atoms with Crippen LogP contribution in [0.25, 0.3) is 11.4 Å². The van der Waals surface area contributed by atoms with Crippen LogP contribution in [-0.4, -0.2) is 38.6 Å². The molecule has 2 N–H and O–H groups in total. The van der Waals surface area contributed by atoms with E-state index in [0.29, 0.717) is 5.82 Å². The van der Waals surface area contributed by atoms with E-state index in [1.807, 2.05) is 31.2 Å². The number of rotatable bonds is 7. The minimum Gasteiger partial charge on any atom is -0.496 e. The summed E-state index contributed by atoms with van der Waals surface area (Å²) in [6.07, 6.45) is 0. The van der Waals surface area contributed by atoms with E-state index in [1.54, 1.807) is 0 Å². The number of benzene rings is 2. The van der Waals surface area contributed by atoms with Crippen LogP contribution in [0.5, 0.6) is 5.75 Å². The number of hydrogen-bond acceptors (Lipinski definition) is 7. The summed E-state index contributed by atoms with van der Waals surface area (Å²) < 4.78 is 37.8. The van der Waals surface area contributed by atoms with Crippen LogP contribution in [0.2, 0.25) is 0 Å². The third-order valence-corrected chi connectivity index (χ3v) is 5.54. The second kappa shape index (κ2) is 8.41. The van der Waals surface area contributed by atoms with Crippen LogP contribution in [0.4, 0.5) is 0 Å². The number of aromatic nitrogens is 2. The second-order valence-corrected chi connectivity index (χ2v) is 7.91. The fourth-order valence-corrected chi connectivity index (χ4v) is 3.55. The number of aryl methyl sites for hydroxylation is 1. The van der Waals surface area contributed by atoms with Gasteiger partial charge >= 0.3 is 0 Å². The zero-order chi connectivity index (χ0) is 21.0. The lowest BCUT2D eigenvalue weighted by atomic mass is 10.1. The van der Waals surface area contributed by atoms with E-state index in [2.05, 4.69) is 20.2 Å². The molecule has 0 radical (unpaired) electrons. The van der Waals surface area contributed by atoms with Crippen LogP contribution in [0.15, 0.2) is 51.9 Å². The molecule has 10 heteroatoms. The van der Waals surface area contributed by atoms with Crippen molar-refractivity contribution in [2.45, 2.75) is 18.4 Å². The summed E-state index contributed by atoms with van der Waals surface area (Å²) in [6.45, 7) is 1.78. The Labute approximate surface area is 168 Å². The Bertz CT molecular complexity index is 1120. The molecule has 0 atom stereocenters. The van der Waals surface area contributed by atoms with E-state index >= 15 is 0 Å². The van der Waals surface area contributed by atoms with Gasteiger partial charge in [-0.25, -0.2) is 13.1 Å². The standard InChI is InChI=1S/C19H20N4O5S/c1-12-4-6-13(7-5-12)18-22-17(28-23-18)11-21-29(25,26)14-8-9-16(27-3)15(10-14)19(24)20-2/h4-10,21H,11H2,1-3H3,(H,20,24). The molecular weight excluding hydrogens is 396 g/mol. The monoisotopic (exact) mass is 416 g/mol. The fourth-order valence-electron chi connectivity index (χ4n) is 2.55. The topological polar surface area (TPSA) is 123 Å². The normalized spacial score (nSPS) is 11.3. The Morgan fingerprint density at radius 1 is 1.17 bits per heavy atom. The molecule has 0 saturated heterocycles. The molecule has 3 aromatic rings. The molecule has 1 aromatic heterocycles. The van der Waals surface area contributed by atoms with Crippen molar-refractivity contribution in [3.8, 4) is 17.1 Å². The maximum atomic E-state index is 12.6. The van der Waals surface area contributed by atoms with Gasteiger partial charge in [0.2, 0.25) is 21.7 Å². The number of ether oxygens (including phenoxy) is 1. The second-order valence-electron chi connectivity index (χ2n) is 6.14. The molecule has 0 aliphatic rings. The lowest BCUT2D eigenvalue weighted by Crippen LogP contribution is -2.24. The van der Waals surface area contributed by atoms with E-state index in [-0.39, 0.29) is 28.6 Å². The number of nitrogens with one attached hydrogen (secondary N) is 2. The van der Waals surface area contributed by atoms with Gasteiger partial charge in [-0.1, -0.05) is 35.0 Å². The highest BCUT2D eigenvalue weighted by atomic mass is 32.2. The van der Waals surface area contributed by atoms with Gasteiger partial charge in [0.25, 0.3) is 5.91 Å². The average molecular weight is 416 g/mol. The van der Waals surface area contributed by atoms with Crippen LogP contribution >= 0.6 is 0 Å². The first-order valence-corrected chi connectivity index (χ1v) is 10.1. The molecule has 1 amide bonds. The van der Waals surface area contributed by atoms with Crippen molar-refractivity contribution in [2.75, 3.05) is 14.2 Å². The first-order chi connectivity index (χ1) is 13.8. The van der Waals surface area contributed by atoms with Gasteiger partial charge in [0.1, 0.15) is 5.75 Å². The molecule has 9 nitrogen and oxygen atoms in total. The lowest BCUT2D eigenvalue weighted by Gasteiger charge is -2.10. The van der Waals surface area contributed by atoms with Gasteiger partial charge in [0.15, 0.2) is 0 Å². The quantitative estimate of drug-likeness (QED) is 0.603. The van der Waals surface area contributed by atoms with Crippen molar-refractivity contribution in [3.05, 3.63) is 59.5 Å². The van der Waals surface area contributed by atoms with Gasteiger partial charge in [-0.3, -0.25) is 4.79 Å². The first-order valence-electron chi connectivity index (χ1n) is 8.63. The average Bonchev–Trinajstić information content (AvgIpc) is 3.21. The van der Waals surface area contributed by atoms with E-state index in [4.69, 9.17) is 9.26 Å². The molecule has 0 aliphatic heterocycles. The highest BCUT2D eigenvalue weighted by Crippen LogP contribution is 2.23. The number of carbonyl (C=O) groups is 1. The highest BCUT2D eigenvalue weighted by molar-refractivity contribution is 7.89. The van der Waals surface area contributed by atoms with Gasteiger partial charge in [0, 0.05) is 12.6 Å². The van der Waals surface area contributed by atoms with E-state index in [9.17, 15) is 13.2 Å². The number of amides is 1. The molecular formula is C19H20N4O5S. The van der Waals surface area contributed by atoms with Gasteiger partial charge in [-0.2, -0.15) is 4.98 Å². The Balaban J connectivity index is 1.77. The number of carbonyl (C=O) groups excluding carboxylic acids is 1. The maximum Gasteiger partial charge on any atom is 0.254 e. The molecule has 3 rings (SSSR count). The molecule has 0 bridgehead atoms. The Morgan fingerprint density at radius 2 is 1.90 bits per heavy atom. The predicted octanol–water partition coefficient (Wildman–Crippen LogP) is 1.89. The Hall–Kier alpha value is -3.24. The zero-order valence-electron chi connectivity index (χ0n) is 16.1. The molecule has 0 saturated carbocycles. The lowest BCUT2D eigenvalue weighted by molar-refractivity contribution is 0.0960. The van der Waals surface area contributed by atoms with Gasteiger partial charge in [0.05, 0.1) is 24.1 Å². The van der Waals surface area contributed by atoms with Crippen LogP contribution in [0.3, 0.4) is 0 Å². The van der Waals surface area contributed by atoms with Gasteiger partial charge in [-0.05, 0) is 25.1 Å². The molecule has 29 heavy (non-hydrogen) atoms. The molecule has 2 aromatic carbocycles. The number of sulfonamides is 1. The van der Waals surface area contributed by atoms with Crippen molar-refractivity contribution in [1.29, 1.82) is 0 Å². The van der Waals surface area contributed by atoms with Crippen molar-refractivity contribution in [3.63, 3.8) is 0 Å². The molecule has 0 aliphatic carbocycles. The van der Waals surface area contributed by atoms with E-state index in [1.165, 1.54) is 32.4 Å². The highest BCUT2D eigenvalue weighted by Gasteiger charge is 2.20. The Morgan fingerprint density at radius 3 is 2.55 bits per heavy atom. The maximum absolute atomic E-state index is 12.6. The third kappa shape index (κ3) is 4.61. The molecule has 0 unspecified atom stereocenters. The largest absolute Gasteiger partial charge is 0.496 e. The van der Waals surface area contributed by atoms with Crippen molar-refractivity contribution in [2.24, 2.45) is 0 Å². The molecule has 1 heterocycles. The fraction of sp³-hybridized carbons (Fsp3) is 0.211. The smallest absolute Gasteiger partial charge is 0.254 e. The van der Waals surface area contributed by atoms with Crippen LogP contribution in [-0.2, 0) is 16.6 Å². The summed E-state index contributed by atoms with van der Waals surface area (Å²) in [7, 11) is -1.08. The summed E-state index contributed by atoms with van der Waals surface area (Å²) in [4.78, 5) is 16.1. The van der Waals surface area contributed by atoms with Crippen LogP contribution in [0, 0.1) is 6.92 Å². The SMILES string of the molecule is CNC(=O)c1cc(S(=O)(=O)NCc2nc(-c3ccc(C)cc3)no2)ccc1OC. The number of methoxy groups -OCH3 is 1. The minimum atomic E-state index is -3.92. The summed E-state index contributed by atoms with van der Waals surface area (Å²) in [5.41, 5.74) is 1.97. The molecule has 0 fully saturated rings. The van der Waals surface area contributed by atoms with Gasteiger partial charge < -0.3 is 14.6 Å². The Kier molecular flexibility index (Phi) is 5.95. The van der Waals surface area contributed by atoms with Crippen molar-refractivity contribution in [1.82, 2.24) is 20.2 Å². The summed E-state index contributed by atoms with van der Waals surface area (Å²) >= 11 is 0. The van der Waals surface area contributed by atoms with Crippen molar-refractivity contribution >= 4 is 15.9 Å². The molecule has 152 valence electrons. The number of hydrogen-bond donors (Lipinski definition) is 2. The molecule has 0 spiro atoms. The van der Waals surface area contributed by atoms with Crippen molar-refractivity contribution < 1.29 is 22.5 Å².